The van der Waals surface area contributed by atoms with Crippen LogP contribution in [0.25, 0.3) is 10.9 Å². The summed E-state index contributed by atoms with van der Waals surface area (Å²) in [6.07, 6.45) is 1.76. The van der Waals surface area contributed by atoms with Crippen LogP contribution >= 0.6 is 0 Å². The lowest BCUT2D eigenvalue weighted by Gasteiger charge is -2.07. The highest BCUT2D eigenvalue weighted by atomic mass is 16.5. The number of methoxy groups -OCH3 is 1. The number of aryl methyl sites for hydroxylation is 2. The van der Waals surface area contributed by atoms with Gasteiger partial charge in [0.15, 0.2) is 5.78 Å². The molecule has 0 saturated carbocycles. The van der Waals surface area contributed by atoms with Crippen molar-refractivity contribution in [3.8, 4) is 5.75 Å². The Morgan fingerprint density at radius 1 is 1.10 bits per heavy atom. The molecule has 0 saturated heterocycles. The molecule has 0 amide bonds. The minimum Gasteiger partial charge on any atom is -0.496 e. The molecule has 0 aliphatic carbocycles. The summed E-state index contributed by atoms with van der Waals surface area (Å²) in [5, 5.41) is 0.839. The van der Waals surface area contributed by atoms with Crippen LogP contribution in [-0.4, -0.2) is 17.9 Å². The van der Waals surface area contributed by atoms with Crippen LogP contribution in [0.4, 0.5) is 0 Å². The maximum Gasteiger partial charge on any atom is 0.195 e. The van der Waals surface area contributed by atoms with Crippen LogP contribution in [0.1, 0.15) is 27.0 Å². The number of aromatic amines is 1. The van der Waals surface area contributed by atoms with Crippen molar-refractivity contribution < 1.29 is 9.53 Å². The molecule has 21 heavy (non-hydrogen) atoms. The summed E-state index contributed by atoms with van der Waals surface area (Å²) in [5.41, 5.74) is 4.35. The second-order valence-corrected chi connectivity index (χ2v) is 5.23. The fraction of sp³-hybridized carbons (Fsp3) is 0.167. The fourth-order valence-electron chi connectivity index (χ4n) is 2.63. The number of hydrogen-bond donors (Lipinski definition) is 1. The van der Waals surface area contributed by atoms with Crippen molar-refractivity contribution in [3.63, 3.8) is 0 Å². The molecule has 3 heteroatoms. The van der Waals surface area contributed by atoms with Gasteiger partial charge in [-0.3, -0.25) is 4.79 Å². The highest BCUT2D eigenvalue weighted by Gasteiger charge is 2.18. The molecular formula is C18H17NO2. The lowest BCUT2D eigenvalue weighted by atomic mass is 9.97. The molecule has 3 aromatic rings. The number of benzene rings is 2. The van der Waals surface area contributed by atoms with Gasteiger partial charge in [-0.1, -0.05) is 23.8 Å². The maximum atomic E-state index is 12.9. The van der Waals surface area contributed by atoms with E-state index in [0.29, 0.717) is 11.3 Å². The van der Waals surface area contributed by atoms with Gasteiger partial charge in [-0.15, -0.1) is 0 Å². The van der Waals surface area contributed by atoms with E-state index in [2.05, 4.69) is 4.98 Å². The van der Waals surface area contributed by atoms with Crippen LogP contribution in [0.15, 0.2) is 42.6 Å². The van der Waals surface area contributed by atoms with Gasteiger partial charge in [0.2, 0.25) is 0 Å². The molecule has 0 fully saturated rings. The molecule has 3 rings (SSSR count). The summed E-state index contributed by atoms with van der Waals surface area (Å²) in [7, 11) is 1.62. The lowest BCUT2D eigenvalue weighted by molar-refractivity contribution is 0.103. The van der Waals surface area contributed by atoms with Gasteiger partial charge in [-0.05, 0) is 37.6 Å². The van der Waals surface area contributed by atoms with E-state index < -0.39 is 0 Å². The van der Waals surface area contributed by atoms with Crippen molar-refractivity contribution in [2.24, 2.45) is 0 Å². The van der Waals surface area contributed by atoms with Crippen LogP contribution in [-0.2, 0) is 0 Å². The number of nitrogens with one attached hydrogen (secondary N) is 1. The van der Waals surface area contributed by atoms with Crippen LogP contribution in [0.2, 0.25) is 0 Å². The molecule has 106 valence electrons. The molecule has 0 bridgehead atoms. The number of ether oxygens (including phenoxy) is 1. The molecule has 1 heterocycles. The average Bonchev–Trinajstić information content (AvgIpc) is 2.93. The molecular weight excluding hydrogens is 262 g/mol. The van der Waals surface area contributed by atoms with E-state index in [1.54, 1.807) is 13.3 Å². The first-order valence-electron chi connectivity index (χ1n) is 6.88. The van der Waals surface area contributed by atoms with E-state index in [4.69, 9.17) is 4.74 Å². The summed E-state index contributed by atoms with van der Waals surface area (Å²) >= 11 is 0. The third kappa shape index (κ3) is 2.21. The first kappa shape index (κ1) is 13.4. The van der Waals surface area contributed by atoms with Crippen molar-refractivity contribution in [1.82, 2.24) is 4.98 Å². The maximum absolute atomic E-state index is 12.9. The molecule has 2 aromatic carbocycles. The number of fused-ring (bicyclic) bond motifs is 1. The van der Waals surface area contributed by atoms with Gasteiger partial charge in [-0.25, -0.2) is 0 Å². The highest BCUT2D eigenvalue weighted by Crippen LogP contribution is 2.30. The fourth-order valence-corrected chi connectivity index (χ4v) is 2.63. The summed E-state index contributed by atoms with van der Waals surface area (Å²) in [4.78, 5) is 16.0. The predicted octanol–water partition coefficient (Wildman–Crippen LogP) is 4.02. The molecule has 0 aliphatic heterocycles. The van der Waals surface area contributed by atoms with Gasteiger partial charge in [0.05, 0.1) is 18.1 Å². The highest BCUT2D eigenvalue weighted by molar-refractivity contribution is 6.18. The molecule has 1 aromatic heterocycles. The number of aromatic nitrogens is 1. The Kier molecular flexibility index (Phi) is 3.26. The smallest absolute Gasteiger partial charge is 0.195 e. The van der Waals surface area contributed by atoms with E-state index in [1.807, 2.05) is 50.2 Å². The third-order valence-electron chi connectivity index (χ3n) is 3.77. The number of ketones is 1. The Morgan fingerprint density at radius 2 is 1.90 bits per heavy atom. The predicted molar refractivity (Wildman–Crippen MR) is 84.2 cm³/mol. The van der Waals surface area contributed by atoms with E-state index in [9.17, 15) is 4.79 Å². The van der Waals surface area contributed by atoms with Gasteiger partial charge in [0.1, 0.15) is 5.75 Å². The first-order chi connectivity index (χ1) is 10.1. The molecule has 0 unspecified atom stereocenters. The van der Waals surface area contributed by atoms with Gasteiger partial charge in [0.25, 0.3) is 0 Å². The van der Waals surface area contributed by atoms with Crippen LogP contribution in [0.3, 0.4) is 0 Å². The normalized spacial score (nSPS) is 10.8. The van der Waals surface area contributed by atoms with E-state index in [-0.39, 0.29) is 5.78 Å². The number of H-pyrrole nitrogens is 1. The van der Waals surface area contributed by atoms with Gasteiger partial charge in [0, 0.05) is 17.3 Å². The quantitative estimate of drug-likeness (QED) is 0.736. The summed E-state index contributed by atoms with van der Waals surface area (Å²) in [5.74, 6) is 0.731. The standard InChI is InChI=1S/C18H17NO2/c1-11-7-8-12(2)13(9-11)18(20)14-10-19-15-5-4-6-16(21-3)17(14)15/h4-10,19H,1-3H3. The van der Waals surface area contributed by atoms with Crippen LogP contribution in [0.5, 0.6) is 5.75 Å². The lowest BCUT2D eigenvalue weighted by Crippen LogP contribution is -2.04. The molecule has 0 atom stereocenters. The minimum atomic E-state index is 0.0203. The zero-order chi connectivity index (χ0) is 15.0. The number of rotatable bonds is 3. The Labute approximate surface area is 123 Å². The Bertz CT molecular complexity index is 830. The van der Waals surface area contributed by atoms with Gasteiger partial charge >= 0.3 is 0 Å². The molecule has 1 N–H and O–H groups in total. The minimum absolute atomic E-state index is 0.0203. The third-order valence-corrected chi connectivity index (χ3v) is 3.77. The second kappa shape index (κ2) is 5.09. The zero-order valence-electron chi connectivity index (χ0n) is 12.4. The summed E-state index contributed by atoms with van der Waals surface area (Å²) in [6, 6.07) is 11.7. The molecule has 0 spiro atoms. The topological polar surface area (TPSA) is 42.1 Å². The monoisotopic (exact) mass is 279 g/mol. The molecule has 0 aliphatic rings. The van der Waals surface area contributed by atoms with E-state index in [0.717, 1.165) is 27.6 Å². The van der Waals surface area contributed by atoms with Crippen LogP contribution in [0, 0.1) is 13.8 Å². The number of carbonyl (C=O) groups excluding carboxylic acids is 1. The second-order valence-electron chi connectivity index (χ2n) is 5.23. The van der Waals surface area contributed by atoms with Crippen LogP contribution < -0.4 is 4.74 Å². The Hall–Kier alpha value is -2.55. The summed E-state index contributed by atoms with van der Waals surface area (Å²) < 4.78 is 5.39. The first-order valence-corrected chi connectivity index (χ1v) is 6.88. The van der Waals surface area contributed by atoms with Crippen molar-refractivity contribution in [2.45, 2.75) is 13.8 Å². The zero-order valence-corrected chi connectivity index (χ0v) is 12.4. The van der Waals surface area contributed by atoms with Gasteiger partial charge < -0.3 is 9.72 Å². The van der Waals surface area contributed by atoms with Crippen molar-refractivity contribution in [2.75, 3.05) is 7.11 Å². The largest absolute Gasteiger partial charge is 0.496 e. The number of hydrogen-bond acceptors (Lipinski definition) is 2. The Morgan fingerprint density at radius 3 is 2.67 bits per heavy atom. The van der Waals surface area contributed by atoms with E-state index >= 15 is 0 Å². The van der Waals surface area contributed by atoms with Crippen molar-refractivity contribution in [3.05, 3.63) is 64.8 Å². The number of carbonyl (C=O) groups is 1. The van der Waals surface area contributed by atoms with E-state index in [1.165, 1.54) is 0 Å². The molecule has 3 nitrogen and oxygen atoms in total. The van der Waals surface area contributed by atoms with Crippen molar-refractivity contribution in [1.29, 1.82) is 0 Å². The summed E-state index contributed by atoms with van der Waals surface area (Å²) in [6.45, 7) is 3.95. The Balaban J connectivity index is 2.20. The SMILES string of the molecule is COc1cccc2[nH]cc(C(=O)c3cc(C)ccc3C)c12. The van der Waals surface area contributed by atoms with Gasteiger partial charge in [-0.2, -0.15) is 0 Å². The van der Waals surface area contributed by atoms with Crippen molar-refractivity contribution >= 4 is 16.7 Å². The molecule has 0 radical (unpaired) electrons. The average molecular weight is 279 g/mol.